The van der Waals surface area contributed by atoms with Crippen LogP contribution in [0.5, 0.6) is 11.5 Å². The van der Waals surface area contributed by atoms with Gasteiger partial charge in [-0.05, 0) is 60.7 Å². The van der Waals surface area contributed by atoms with E-state index >= 15 is 0 Å². The van der Waals surface area contributed by atoms with E-state index in [2.05, 4.69) is 77.6 Å². The highest BCUT2D eigenvalue weighted by Crippen LogP contribution is 2.51. The number of hydrogen-bond donors (Lipinski definition) is 0. The molecule has 3 heterocycles. The van der Waals surface area contributed by atoms with E-state index in [4.69, 9.17) is 9.15 Å². The Morgan fingerprint density at radius 2 is 1.76 bits per heavy atom. The summed E-state index contributed by atoms with van der Waals surface area (Å²) in [5, 5.41) is 3.56. The zero-order valence-corrected chi connectivity index (χ0v) is 18.4. The number of ether oxygens (including phenoxy) is 1. The maximum absolute atomic E-state index is 6.65. The van der Waals surface area contributed by atoms with Crippen LogP contribution in [0.15, 0.2) is 35.1 Å². The number of pyridine rings is 1. The first kappa shape index (κ1) is 18.2. The SMILES string of the molecule is Cc1cc2c3c(c(C)c(C)cc3c1)-c1c(c3c(CC(C)(C)C)coc3c[n+]1C)O2. The normalized spacial score (nSPS) is 13.1. The molecule has 0 amide bonds. The van der Waals surface area contributed by atoms with Gasteiger partial charge in [0.25, 0.3) is 5.69 Å². The highest BCUT2D eigenvalue weighted by atomic mass is 16.5. The molecule has 2 aromatic carbocycles. The molecule has 0 aliphatic carbocycles. The Kier molecular flexibility index (Phi) is 3.68. The maximum atomic E-state index is 6.65. The summed E-state index contributed by atoms with van der Waals surface area (Å²) in [5.74, 6) is 1.87. The molecule has 2 aromatic heterocycles. The van der Waals surface area contributed by atoms with Crippen molar-refractivity contribution in [1.29, 1.82) is 0 Å². The zero-order chi connectivity index (χ0) is 20.7. The lowest BCUT2D eigenvalue weighted by Gasteiger charge is -2.23. The molecule has 0 saturated carbocycles. The Morgan fingerprint density at radius 3 is 2.48 bits per heavy atom. The molecule has 0 bridgehead atoms. The van der Waals surface area contributed by atoms with E-state index in [1.807, 2.05) is 6.26 Å². The maximum Gasteiger partial charge on any atom is 0.257 e. The Morgan fingerprint density at radius 1 is 1.00 bits per heavy atom. The molecule has 0 unspecified atom stereocenters. The van der Waals surface area contributed by atoms with E-state index in [1.54, 1.807) is 0 Å². The summed E-state index contributed by atoms with van der Waals surface area (Å²) < 4.78 is 14.8. The molecule has 0 atom stereocenters. The van der Waals surface area contributed by atoms with Gasteiger partial charge in [0, 0.05) is 10.9 Å². The second-order valence-electron chi connectivity index (χ2n) is 9.81. The first-order valence-electron chi connectivity index (χ1n) is 10.3. The molecule has 29 heavy (non-hydrogen) atoms. The minimum atomic E-state index is 0.164. The van der Waals surface area contributed by atoms with Gasteiger partial charge in [-0.3, -0.25) is 0 Å². The standard InChI is InChI=1S/C26H28NO2/c1-14-8-17-10-15(2)16(3)21-22(17)19(9-14)29-25-23-18(11-26(4,5)6)13-28-20(23)12-27(7)24(21)25/h8-10,12-13H,11H2,1-7H3/q+1. The predicted molar refractivity (Wildman–Crippen MR) is 118 cm³/mol. The molecule has 1 aliphatic heterocycles. The Hall–Kier alpha value is -2.81. The van der Waals surface area contributed by atoms with Crippen molar-refractivity contribution in [2.75, 3.05) is 0 Å². The zero-order valence-electron chi connectivity index (χ0n) is 18.4. The molecule has 0 radical (unpaired) electrons. The monoisotopic (exact) mass is 386 g/mol. The molecular weight excluding hydrogens is 358 g/mol. The summed E-state index contributed by atoms with van der Waals surface area (Å²) in [6, 6.07) is 6.69. The molecular formula is C26H28NO2+. The number of aryl methyl sites for hydroxylation is 3. The van der Waals surface area contributed by atoms with E-state index in [1.165, 1.54) is 38.6 Å². The fraction of sp³-hybridized carbons (Fsp3) is 0.346. The third-order valence-corrected chi connectivity index (χ3v) is 6.04. The van der Waals surface area contributed by atoms with Crippen molar-refractivity contribution in [3.63, 3.8) is 0 Å². The van der Waals surface area contributed by atoms with Crippen LogP contribution in [-0.2, 0) is 13.5 Å². The largest absolute Gasteiger partial charge is 0.458 e. The van der Waals surface area contributed by atoms with E-state index in [-0.39, 0.29) is 5.41 Å². The third kappa shape index (κ3) is 2.67. The molecule has 0 fully saturated rings. The van der Waals surface area contributed by atoms with Gasteiger partial charge in [0.2, 0.25) is 17.5 Å². The van der Waals surface area contributed by atoms with E-state index in [0.29, 0.717) is 0 Å². The number of furan rings is 1. The Bertz CT molecular complexity index is 1320. The van der Waals surface area contributed by atoms with E-state index < -0.39 is 0 Å². The molecule has 0 saturated heterocycles. The average Bonchev–Trinajstić information content (AvgIpc) is 2.99. The molecule has 0 N–H and O–H groups in total. The summed E-state index contributed by atoms with van der Waals surface area (Å²) >= 11 is 0. The van der Waals surface area contributed by atoms with Gasteiger partial charge in [-0.25, -0.2) is 0 Å². The van der Waals surface area contributed by atoms with Gasteiger partial charge in [-0.2, -0.15) is 4.57 Å². The highest BCUT2D eigenvalue weighted by molar-refractivity contribution is 6.07. The summed E-state index contributed by atoms with van der Waals surface area (Å²) in [6.45, 7) is 13.3. The fourth-order valence-electron chi connectivity index (χ4n) is 4.75. The quantitative estimate of drug-likeness (QED) is 0.300. The predicted octanol–water partition coefficient (Wildman–Crippen LogP) is 6.70. The summed E-state index contributed by atoms with van der Waals surface area (Å²) in [7, 11) is 2.08. The number of hydrogen-bond acceptors (Lipinski definition) is 2. The number of rotatable bonds is 1. The van der Waals surface area contributed by atoms with Gasteiger partial charge in [0.1, 0.15) is 12.8 Å². The second-order valence-corrected chi connectivity index (χ2v) is 9.81. The topological polar surface area (TPSA) is 26.2 Å². The van der Waals surface area contributed by atoms with Crippen LogP contribution < -0.4 is 9.30 Å². The number of fused-ring (bicyclic) bond motifs is 4. The fourth-order valence-corrected chi connectivity index (χ4v) is 4.75. The summed E-state index contributed by atoms with van der Waals surface area (Å²) in [5.41, 5.74) is 8.49. The smallest absolute Gasteiger partial charge is 0.257 e. The number of nitrogens with zero attached hydrogens (tertiary/aromatic N) is 1. The first-order valence-corrected chi connectivity index (χ1v) is 10.3. The van der Waals surface area contributed by atoms with Gasteiger partial charge < -0.3 is 9.15 Å². The van der Waals surface area contributed by atoms with Crippen molar-refractivity contribution in [3.8, 4) is 22.8 Å². The lowest BCUT2D eigenvalue weighted by molar-refractivity contribution is -0.659. The summed E-state index contributed by atoms with van der Waals surface area (Å²) in [4.78, 5) is 0. The molecule has 4 aromatic rings. The third-order valence-electron chi connectivity index (χ3n) is 6.04. The van der Waals surface area contributed by atoms with Crippen LogP contribution in [0.1, 0.15) is 43.0 Å². The molecule has 0 spiro atoms. The van der Waals surface area contributed by atoms with Crippen LogP contribution in [-0.4, -0.2) is 0 Å². The number of aromatic nitrogens is 1. The van der Waals surface area contributed by atoms with Crippen molar-refractivity contribution in [1.82, 2.24) is 0 Å². The summed E-state index contributed by atoms with van der Waals surface area (Å²) in [6.07, 6.45) is 4.94. The van der Waals surface area contributed by atoms with Crippen molar-refractivity contribution in [2.45, 2.75) is 48.0 Å². The van der Waals surface area contributed by atoms with Crippen molar-refractivity contribution < 1.29 is 13.7 Å². The molecule has 5 rings (SSSR count). The minimum Gasteiger partial charge on any atom is -0.458 e. The van der Waals surface area contributed by atoms with Crippen LogP contribution in [0, 0.1) is 26.2 Å². The highest BCUT2D eigenvalue weighted by Gasteiger charge is 2.34. The van der Waals surface area contributed by atoms with Gasteiger partial charge in [0.05, 0.1) is 17.2 Å². The van der Waals surface area contributed by atoms with Crippen molar-refractivity contribution >= 4 is 21.7 Å². The molecule has 1 aliphatic rings. The second kappa shape index (κ2) is 5.85. The number of benzene rings is 2. The van der Waals surface area contributed by atoms with Gasteiger partial charge in [-0.1, -0.05) is 32.9 Å². The van der Waals surface area contributed by atoms with Gasteiger partial charge in [0.15, 0.2) is 0 Å². The lowest BCUT2D eigenvalue weighted by atomic mass is 9.86. The van der Waals surface area contributed by atoms with Crippen molar-refractivity contribution in [2.24, 2.45) is 12.5 Å². The van der Waals surface area contributed by atoms with E-state index in [0.717, 1.165) is 34.6 Å². The van der Waals surface area contributed by atoms with Crippen LogP contribution in [0.4, 0.5) is 0 Å². The minimum absolute atomic E-state index is 0.164. The van der Waals surface area contributed by atoms with E-state index in [9.17, 15) is 0 Å². The van der Waals surface area contributed by atoms with Crippen LogP contribution in [0.3, 0.4) is 0 Å². The van der Waals surface area contributed by atoms with Crippen LogP contribution in [0.25, 0.3) is 33.0 Å². The molecule has 3 nitrogen and oxygen atoms in total. The molecule has 148 valence electrons. The molecule has 3 heteroatoms. The van der Waals surface area contributed by atoms with Gasteiger partial charge >= 0.3 is 0 Å². The van der Waals surface area contributed by atoms with Crippen LogP contribution >= 0.6 is 0 Å². The Labute approximate surface area is 171 Å². The Balaban J connectivity index is 1.93. The van der Waals surface area contributed by atoms with Gasteiger partial charge in [-0.15, -0.1) is 0 Å². The average molecular weight is 387 g/mol. The van der Waals surface area contributed by atoms with Crippen molar-refractivity contribution in [3.05, 3.63) is 52.9 Å². The van der Waals surface area contributed by atoms with Crippen LogP contribution in [0.2, 0.25) is 0 Å². The first-order chi connectivity index (χ1) is 13.6. The lowest BCUT2D eigenvalue weighted by Crippen LogP contribution is -2.32.